The van der Waals surface area contributed by atoms with Crippen LogP contribution >= 0.6 is 15.9 Å². The number of carbonyl (C=O) groups excluding carboxylic acids is 2. The monoisotopic (exact) mass is 433 g/mol. The second-order valence-corrected chi connectivity index (χ2v) is 7.89. The average molecular weight is 434 g/mol. The van der Waals surface area contributed by atoms with Gasteiger partial charge in [0.25, 0.3) is 5.91 Å². The van der Waals surface area contributed by atoms with Gasteiger partial charge in [0.2, 0.25) is 5.91 Å². The minimum Gasteiger partial charge on any atom is -0.360 e. The lowest BCUT2D eigenvalue weighted by molar-refractivity contribution is -0.117. The van der Waals surface area contributed by atoms with Crippen LogP contribution in [0, 0.1) is 12.8 Å². The summed E-state index contributed by atoms with van der Waals surface area (Å²) in [6.07, 6.45) is 5.83. The number of benzene rings is 1. The number of nitrogens with zero attached hydrogens (tertiary/aromatic N) is 2. The fourth-order valence-corrected chi connectivity index (χ4v) is 3.94. The van der Waals surface area contributed by atoms with Crippen molar-refractivity contribution in [2.75, 3.05) is 18.4 Å². The van der Waals surface area contributed by atoms with E-state index in [0.717, 1.165) is 17.3 Å². The topological polar surface area (TPSA) is 75.4 Å². The zero-order chi connectivity index (χ0) is 19.2. The molecule has 0 saturated heterocycles. The van der Waals surface area contributed by atoms with Crippen LogP contribution in [0.5, 0.6) is 0 Å². The fourth-order valence-electron chi connectivity index (χ4n) is 3.49. The van der Waals surface area contributed by atoms with Crippen LogP contribution in [0.25, 0.3) is 0 Å². The normalized spacial score (nSPS) is 14.7. The van der Waals surface area contributed by atoms with Gasteiger partial charge in [-0.2, -0.15) is 0 Å². The van der Waals surface area contributed by atoms with Crippen molar-refractivity contribution in [3.8, 4) is 0 Å². The highest BCUT2D eigenvalue weighted by atomic mass is 79.9. The molecule has 0 radical (unpaired) electrons. The van der Waals surface area contributed by atoms with Crippen molar-refractivity contribution in [2.24, 2.45) is 5.92 Å². The lowest BCUT2D eigenvalue weighted by Crippen LogP contribution is -2.41. The minimum atomic E-state index is -0.278. The number of aryl methyl sites for hydroxylation is 1. The molecule has 0 bridgehead atoms. The lowest BCUT2D eigenvalue weighted by Gasteiger charge is -2.29. The molecule has 1 N–H and O–H groups in total. The van der Waals surface area contributed by atoms with Crippen LogP contribution in [0.1, 0.15) is 48.2 Å². The molecular weight excluding hydrogens is 410 g/mol. The molecule has 1 fully saturated rings. The van der Waals surface area contributed by atoms with Crippen LogP contribution in [0.4, 0.5) is 5.82 Å². The summed E-state index contributed by atoms with van der Waals surface area (Å²) in [7, 11) is 0. The number of amides is 2. The molecule has 27 heavy (non-hydrogen) atoms. The summed E-state index contributed by atoms with van der Waals surface area (Å²) in [5.41, 5.74) is 0.568. The molecule has 1 aliphatic rings. The molecule has 1 saturated carbocycles. The van der Waals surface area contributed by atoms with E-state index in [1.54, 1.807) is 24.0 Å². The smallest absolute Gasteiger partial charge is 0.255 e. The molecule has 144 valence electrons. The van der Waals surface area contributed by atoms with Crippen molar-refractivity contribution in [3.63, 3.8) is 0 Å². The Bertz CT molecular complexity index is 799. The number of anilines is 1. The summed E-state index contributed by atoms with van der Waals surface area (Å²) >= 11 is 3.44. The summed E-state index contributed by atoms with van der Waals surface area (Å²) in [4.78, 5) is 27.3. The van der Waals surface area contributed by atoms with Gasteiger partial charge in [-0.1, -0.05) is 36.6 Å². The molecule has 1 aromatic heterocycles. The Kier molecular flexibility index (Phi) is 6.66. The third-order valence-corrected chi connectivity index (χ3v) is 5.52. The summed E-state index contributed by atoms with van der Waals surface area (Å²) in [5, 5.41) is 6.48. The Hall–Kier alpha value is -2.15. The second-order valence-electron chi connectivity index (χ2n) is 7.04. The number of hydrogen-bond acceptors (Lipinski definition) is 4. The Morgan fingerprint density at radius 3 is 2.67 bits per heavy atom. The van der Waals surface area contributed by atoms with E-state index in [1.807, 2.05) is 18.2 Å². The highest BCUT2D eigenvalue weighted by molar-refractivity contribution is 9.10. The van der Waals surface area contributed by atoms with Crippen molar-refractivity contribution in [3.05, 3.63) is 46.1 Å². The first-order valence-corrected chi connectivity index (χ1v) is 10.1. The largest absolute Gasteiger partial charge is 0.360 e. The van der Waals surface area contributed by atoms with Gasteiger partial charge in [0, 0.05) is 17.1 Å². The van der Waals surface area contributed by atoms with E-state index >= 15 is 0 Å². The van der Waals surface area contributed by atoms with E-state index < -0.39 is 0 Å². The molecule has 0 spiro atoms. The van der Waals surface area contributed by atoms with Crippen LogP contribution in [0.15, 0.2) is 39.3 Å². The molecule has 3 rings (SSSR count). The molecule has 2 amide bonds. The number of hydrogen-bond donors (Lipinski definition) is 1. The van der Waals surface area contributed by atoms with Gasteiger partial charge in [0.15, 0.2) is 5.82 Å². The van der Waals surface area contributed by atoms with E-state index in [4.69, 9.17) is 4.52 Å². The van der Waals surface area contributed by atoms with E-state index in [2.05, 4.69) is 26.4 Å². The molecule has 0 unspecified atom stereocenters. The first-order valence-electron chi connectivity index (χ1n) is 9.30. The Balaban J connectivity index is 1.73. The van der Waals surface area contributed by atoms with Gasteiger partial charge in [0.1, 0.15) is 12.3 Å². The zero-order valence-electron chi connectivity index (χ0n) is 15.4. The number of rotatable bonds is 6. The SMILES string of the molecule is Cc1cc(NC(=O)CN(CC2CCCCC2)C(=O)c2ccccc2Br)no1. The number of halogens is 1. The highest BCUT2D eigenvalue weighted by Gasteiger charge is 2.25. The van der Waals surface area contributed by atoms with Crippen LogP contribution in [-0.4, -0.2) is 35.0 Å². The van der Waals surface area contributed by atoms with E-state index in [-0.39, 0.29) is 18.4 Å². The summed E-state index contributed by atoms with van der Waals surface area (Å²) in [5.74, 6) is 1.00. The van der Waals surface area contributed by atoms with E-state index in [9.17, 15) is 9.59 Å². The predicted molar refractivity (Wildman–Crippen MR) is 106 cm³/mol. The van der Waals surface area contributed by atoms with Crippen LogP contribution in [-0.2, 0) is 4.79 Å². The summed E-state index contributed by atoms with van der Waals surface area (Å²) < 4.78 is 5.71. The minimum absolute atomic E-state index is 0.0113. The maximum Gasteiger partial charge on any atom is 0.255 e. The van der Waals surface area contributed by atoms with Gasteiger partial charge in [-0.05, 0) is 53.7 Å². The number of carbonyl (C=O) groups is 2. The first kappa shape index (κ1) is 19.6. The van der Waals surface area contributed by atoms with Gasteiger partial charge in [-0.3, -0.25) is 9.59 Å². The molecule has 1 heterocycles. The first-order chi connectivity index (χ1) is 13.0. The number of nitrogens with one attached hydrogen (secondary N) is 1. The maximum atomic E-state index is 13.1. The second kappa shape index (κ2) is 9.17. The summed E-state index contributed by atoms with van der Waals surface area (Å²) in [6, 6.07) is 8.96. The van der Waals surface area contributed by atoms with Crippen molar-refractivity contribution in [1.29, 1.82) is 0 Å². The van der Waals surface area contributed by atoms with Crippen LogP contribution in [0.3, 0.4) is 0 Å². The molecular formula is C20H24BrN3O3. The van der Waals surface area contributed by atoms with E-state index in [1.165, 1.54) is 19.3 Å². The van der Waals surface area contributed by atoms with Crippen molar-refractivity contribution in [2.45, 2.75) is 39.0 Å². The maximum absolute atomic E-state index is 13.1. The Morgan fingerprint density at radius 1 is 1.26 bits per heavy atom. The van der Waals surface area contributed by atoms with Gasteiger partial charge in [-0.25, -0.2) is 0 Å². The fraction of sp³-hybridized carbons (Fsp3) is 0.450. The third kappa shape index (κ3) is 5.42. The molecule has 0 aliphatic heterocycles. The van der Waals surface area contributed by atoms with Crippen molar-refractivity contribution < 1.29 is 14.1 Å². The lowest BCUT2D eigenvalue weighted by atomic mass is 9.89. The molecule has 1 aliphatic carbocycles. The molecule has 6 nitrogen and oxygen atoms in total. The Labute approximate surface area is 167 Å². The Morgan fingerprint density at radius 2 is 2.00 bits per heavy atom. The standard InChI is InChI=1S/C20H24BrN3O3/c1-14-11-18(23-27-14)22-19(25)13-24(12-15-7-3-2-4-8-15)20(26)16-9-5-6-10-17(16)21/h5-6,9-11,15H,2-4,7-8,12-13H2,1H3,(H,22,23,25). The van der Waals surface area contributed by atoms with Gasteiger partial charge < -0.3 is 14.7 Å². The van der Waals surface area contributed by atoms with Crippen molar-refractivity contribution in [1.82, 2.24) is 10.1 Å². The van der Waals surface area contributed by atoms with Crippen molar-refractivity contribution >= 4 is 33.6 Å². The summed E-state index contributed by atoms with van der Waals surface area (Å²) in [6.45, 7) is 2.34. The van der Waals surface area contributed by atoms with Gasteiger partial charge in [-0.15, -0.1) is 0 Å². The average Bonchev–Trinajstić information content (AvgIpc) is 3.06. The van der Waals surface area contributed by atoms with Crippen LogP contribution in [0.2, 0.25) is 0 Å². The molecule has 7 heteroatoms. The highest BCUT2D eigenvalue weighted by Crippen LogP contribution is 2.26. The zero-order valence-corrected chi connectivity index (χ0v) is 17.0. The van der Waals surface area contributed by atoms with Gasteiger partial charge in [0.05, 0.1) is 5.56 Å². The van der Waals surface area contributed by atoms with E-state index in [0.29, 0.717) is 29.6 Å². The predicted octanol–water partition coefficient (Wildman–Crippen LogP) is 4.41. The molecule has 0 atom stereocenters. The quantitative estimate of drug-likeness (QED) is 0.731. The molecule has 1 aromatic carbocycles. The van der Waals surface area contributed by atoms with Crippen LogP contribution < -0.4 is 5.32 Å². The third-order valence-electron chi connectivity index (χ3n) is 4.82. The number of aromatic nitrogens is 1. The molecule has 2 aromatic rings. The van der Waals surface area contributed by atoms with Gasteiger partial charge >= 0.3 is 0 Å².